The van der Waals surface area contributed by atoms with Crippen molar-refractivity contribution >= 4 is 17.7 Å². The van der Waals surface area contributed by atoms with Gasteiger partial charge in [0.1, 0.15) is 11.6 Å². The van der Waals surface area contributed by atoms with Crippen LogP contribution in [-0.2, 0) is 16.0 Å². The van der Waals surface area contributed by atoms with E-state index >= 15 is 0 Å². The van der Waals surface area contributed by atoms with Crippen molar-refractivity contribution in [1.29, 1.82) is 0 Å². The molecular weight excluding hydrogens is 282 g/mol. The molecule has 0 radical (unpaired) electrons. The Morgan fingerprint density at radius 2 is 1.82 bits per heavy atom. The van der Waals surface area contributed by atoms with Gasteiger partial charge in [0.05, 0.1) is 0 Å². The fraction of sp³-hybridized carbons (Fsp3) is 0.438. The van der Waals surface area contributed by atoms with Crippen LogP contribution in [0.2, 0.25) is 0 Å². The SMILES string of the molecule is NC(=O)c1ccc(C[C@@H]2NC(=O)C3(CCCC3)NC2=O)cc1. The molecule has 1 aromatic rings. The van der Waals surface area contributed by atoms with Crippen molar-refractivity contribution in [3.8, 4) is 0 Å². The summed E-state index contributed by atoms with van der Waals surface area (Å²) in [5.41, 5.74) is 5.79. The summed E-state index contributed by atoms with van der Waals surface area (Å²) in [6.45, 7) is 0. The van der Waals surface area contributed by atoms with Gasteiger partial charge in [-0.05, 0) is 30.5 Å². The fourth-order valence-electron chi connectivity index (χ4n) is 3.26. The van der Waals surface area contributed by atoms with Crippen LogP contribution in [0.4, 0.5) is 0 Å². The third-order valence-electron chi connectivity index (χ3n) is 4.55. The number of benzene rings is 1. The van der Waals surface area contributed by atoms with Gasteiger partial charge in [0.2, 0.25) is 17.7 Å². The van der Waals surface area contributed by atoms with Crippen molar-refractivity contribution in [2.24, 2.45) is 5.73 Å². The molecule has 6 heteroatoms. The zero-order valence-electron chi connectivity index (χ0n) is 12.2. The Balaban J connectivity index is 1.69. The molecule has 1 atom stereocenters. The zero-order valence-corrected chi connectivity index (χ0v) is 12.2. The fourth-order valence-corrected chi connectivity index (χ4v) is 3.26. The second-order valence-corrected chi connectivity index (χ2v) is 6.07. The molecule has 1 saturated heterocycles. The van der Waals surface area contributed by atoms with E-state index in [1.165, 1.54) is 0 Å². The quantitative estimate of drug-likeness (QED) is 0.746. The Morgan fingerprint density at radius 1 is 1.18 bits per heavy atom. The molecule has 2 fully saturated rings. The van der Waals surface area contributed by atoms with E-state index in [0.717, 1.165) is 18.4 Å². The monoisotopic (exact) mass is 301 g/mol. The molecule has 2 aliphatic rings. The molecule has 3 rings (SSSR count). The molecule has 0 bridgehead atoms. The summed E-state index contributed by atoms with van der Waals surface area (Å²) in [4.78, 5) is 35.6. The lowest BCUT2D eigenvalue weighted by molar-refractivity contribution is -0.141. The molecule has 0 aromatic heterocycles. The summed E-state index contributed by atoms with van der Waals surface area (Å²) in [5.74, 6) is -0.706. The van der Waals surface area contributed by atoms with Crippen LogP contribution in [0.1, 0.15) is 41.6 Å². The molecule has 1 heterocycles. The minimum absolute atomic E-state index is 0.0802. The summed E-state index contributed by atoms with van der Waals surface area (Å²) in [7, 11) is 0. The number of hydrogen-bond acceptors (Lipinski definition) is 3. The number of piperazine rings is 1. The van der Waals surface area contributed by atoms with E-state index in [4.69, 9.17) is 5.73 Å². The van der Waals surface area contributed by atoms with E-state index in [2.05, 4.69) is 10.6 Å². The standard InChI is InChI=1S/C16H19N3O3/c17-13(20)11-5-3-10(4-6-11)9-12-14(21)19-16(15(22)18-12)7-1-2-8-16/h3-6,12H,1-2,7-9H2,(H2,17,20)(H,18,22)(H,19,21)/t12-/m0/s1. The van der Waals surface area contributed by atoms with Gasteiger partial charge in [-0.3, -0.25) is 14.4 Å². The first-order chi connectivity index (χ1) is 10.5. The Labute approximate surface area is 128 Å². The van der Waals surface area contributed by atoms with Gasteiger partial charge >= 0.3 is 0 Å². The minimum atomic E-state index is -0.691. The molecule has 4 N–H and O–H groups in total. The molecule has 3 amide bonds. The molecular formula is C16H19N3O3. The summed E-state index contributed by atoms with van der Waals surface area (Å²) in [6.07, 6.45) is 3.75. The van der Waals surface area contributed by atoms with Gasteiger partial charge < -0.3 is 16.4 Å². The van der Waals surface area contributed by atoms with Gasteiger partial charge in [-0.15, -0.1) is 0 Å². The molecule has 0 unspecified atom stereocenters. The van der Waals surface area contributed by atoms with E-state index in [-0.39, 0.29) is 11.8 Å². The van der Waals surface area contributed by atoms with Gasteiger partial charge in [-0.1, -0.05) is 25.0 Å². The Bertz CT molecular complexity index is 618. The number of nitrogens with two attached hydrogens (primary N) is 1. The van der Waals surface area contributed by atoms with Crippen LogP contribution in [0.15, 0.2) is 24.3 Å². The number of carbonyl (C=O) groups is 3. The van der Waals surface area contributed by atoms with Gasteiger partial charge in [0.25, 0.3) is 0 Å². The van der Waals surface area contributed by atoms with E-state index in [9.17, 15) is 14.4 Å². The number of hydrogen-bond donors (Lipinski definition) is 3. The summed E-state index contributed by atoms with van der Waals surface area (Å²) >= 11 is 0. The first kappa shape index (κ1) is 14.6. The molecule has 1 spiro atoms. The van der Waals surface area contributed by atoms with Crippen LogP contribution in [0, 0.1) is 0 Å². The topological polar surface area (TPSA) is 101 Å². The van der Waals surface area contributed by atoms with Crippen LogP contribution >= 0.6 is 0 Å². The van der Waals surface area contributed by atoms with Crippen LogP contribution in [0.25, 0.3) is 0 Å². The number of rotatable bonds is 3. The maximum Gasteiger partial charge on any atom is 0.248 e. The van der Waals surface area contributed by atoms with E-state index < -0.39 is 17.5 Å². The Morgan fingerprint density at radius 3 is 2.41 bits per heavy atom. The van der Waals surface area contributed by atoms with Crippen molar-refractivity contribution in [1.82, 2.24) is 10.6 Å². The minimum Gasteiger partial charge on any atom is -0.366 e. The highest BCUT2D eigenvalue weighted by molar-refractivity contribution is 6.00. The highest BCUT2D eigenvalue weighted by Crippen LogP contribution is 2.31. The first-order valence-electron chi connectivity index (χ1n) is 7.52. The summed E-state index contributed by atoms with van der Waals surface area (Å²) in [5, 5.41) is 5.76. The molecule has 22 heavy (non-hydrogen) atoms. The highest BCUT2D eigenvalue weighted by atomic mass is 16.2. The molecule has 1 saturated carbocycles. The van der Waals surface area contributed by atoms with Gasteiger partial charge in [0.15, 0.2) is 0 Å². The van der Waals surface area contributed by atoms with Gasteiger partial charge in [-0.25, -0.2) is 0 Å². The van der Waals surface area contributed by atoms with Crippen LogP contribution in [-0.4, -0.2) is 29.3 Å². The second kappa shape index (κ2) is 5.44. The van der Waals surface area contributed by atoms with E-state index in [1.54, 1.807) is 24.3 Å². The zero-order chi connectivity index (χ0) is 15.7. The van der Waals surface area contributed by atoms with Gasteiger partial charge in [-0.2, -0.15) is 0 Å². The Kier molecular flexibility index (Phi) is 3.60. The number of amides is 3. The first-order valence-corrected chi connectivity index (χ1v) is 7.52. The lowest BCUT2D eigenvalue weighted by Gasteiger charge is -2.37. The maximum absolute atomic E-state index is 12.3. The van der Waals surface area contributed by atoms with Crippen molar-refractivity contribution < 1.29 is 14.4 Å². The Hall–Kier alpha value is -2.37. The lowest BCUT2D eigenvalue weighted by atomic mass is 9.91. The molecule has 6 nitrogen and oxygen atoms in total. The van der Waals surface area contributed by atoms with Crippen LogP contribution in [0.3, 0.4) is 0 Å². The van der Waals surface area contributed by atoms with E-state index in [0.29, 0.717) is 24.8 Å². The van der Waals surface area contributed by atoms with E-state index in [1.807, 2.05) is 0 Å². The third-order valence-corrected chi connectivity index (χ3v) is 4.55. The molecule has 1 aromatic carbocycles. The molecule has 1 aliphatic carbocycles. The van der Waals surface area contributed by atoms with Crippen molar-refractivity contribution in [2.45, 2.75) is 43.7 Å². The average molecular weight is 301 g/mol. The largest absolute Gasteiger partial charge is 0.366 e. The average Bonchev–Trinajstić information content (AvgIpc) is 2.95. The van der Waals surface area contributed by atoms with Crippen LogP contribution in [0.5, 0.6) is 0 Å². The lowest BCUT2D eigenvalue weighted by Crippen LogP contribution is -2.68. The van der Waals surface area contributed by atoms with Gasteiger partial charge in [0, 0.05) is 12.0 Å². The molecule has 1 aliphatic heterocycles. The van der Waals surface area contributed by atoms with Crippen molar-refractivity contribution in [3.63, 3.8) is 0 Å². The number of nitrogens with one attached hydrogen (secondary N) is 2. The number of primary amides is 1. The second-order valence-electron chi connectivity index (χ2n) is 6.07. The summed E-state index contributed by atoms with van der Waals surface area (Å²) in [6, 6.07) is 6.18. The maximum atomic E-state index is 12.3. The normalized spacial score (nSPS) is 23.2. The summed E-state index contributed by atoms with van der Waals surface area (Å²) < 4.78 is 0. The third kappa shape index (κ3) is 2.56. The van der Waals surface area contributed by atoms with Crippen molar-refractivity contribution in [2.75, 3.05) is 0 Å². The highest BCUT2D eigenvalue weighted by Gasteiger charge is 2.47. The van der Waals surface area contributed by atoms with Crippen LogP contribution < -0.4 is 16.4 Å². The molecule has 116 valence electrons. The smallest absolute Gasteiger partial charge is 0.248 e. The van der Waals surface area contributed by atoms with Crippen molar-refractivity contribution in [3.05, 3.63) is 35.4 Å². The number of carbonyl (C=O) groups excluding carboxylic acids is 3. The predicted octanol–water partition coefficient (Wildman–Crippen LogP) is 0.255. The predicted molar refractivity (Wildman–Crippen MR) is 79.9 cm³/mol.